The summed E-state index contributed by atoms with van der Waals surface area (Å²) in [5, 5.41) is 0. The summed E-state index contributed by atoms with van der Waals surface area (Å²) in [6.45, 7) is 4.58. The lowest BCUT2D eigenvalue weighted by molar-refractivity contribution is 0.210. The minimum Gasteiger partial charge on any atom is -0.327 e. The first-order valence-corrected chi connectivity index (χ1v) is 4.49. The molecule has 0 aromatic carbocycles. The molecule has 0 heterocycles. The molecule has 0 amide bonds. The summed E-state index contributed by atoms with van der Waals surface area (Å²) in [6, 6.07) is 0.536. The Morgan fingerprint density at radius 3 is 2.50 bits per heavy atom. The lowest BCUT2D eigenvalue weighted by Crippen LogP contribution is -2.40. The topological polar surface area (TPSA) is 26.0 Å². The van der Waals surface area contributed by atoms with Crippen molar-refractivity contribution in [2.24, 2.45) is 17.6 Å². The molecule has 0 radical (unpaired) electrons. The maximum atomic E-state index is 5.83. The number of rotatable bonds is 3. The SMILES string of the molecule is CCC(C)CC1CCC1N. The predicted octanol–water partition coefficient (Wildman–Crippen LogP) is 2.16. The van der Waals surface area contributed by atoms with Crippen LogP contribution in [0.3, 0.4) is 0 Å². The molecule has 0 bridgehead atoms. The quantitative estimate of drug-likeness (QED) is 0.640. The number of hydrogen-bond donors (Lipinski definition) is 1. The predicted molar refractivity (Wildman–Crippen MR) is 44.8 cm³/mol. The Labute approximate surface area is 64.0 Å². The fraction of sp³-hybridized carbons (Fsp3) is 1.00. The lowest BCUT2D eigenvalue weighted by Gasteiger charge is -2.35. The van der Waals surface area contributed by atoms with Crippen LogP contribution in [-0.2, 0) is 0 Å². The van der Waals surface area contributed by atoms with Gasteiger partial charge in [-0.2, -0.15) is 0 Å². The molecule has 1 aliphatic rings. The van der Waals surface area contributed by atoms with Crippen LogP contribution in [0.15, 0.2) is 0 Å². The Morgan fingerprint density at radius 1 is 1.50 bits per heavy atom. The van der Waals surface area contributed by atoms with Gasteiger partial charge in [0.25, 0.3) is 0 Å². The van der Waals surface area contributed by atoms with E-state index >= 15 is 0 Å². The molecule has 0 spiro atoms. The second-order valence-corrected chi connectivity index (χ2v) is 3.75. The highest BCUT2D eigenvalue weighted by Crippen LogP contribution is 2.31. The van der Waals surface area contributed by atoms with E-state index in [4.69, 9.17) is 5.73 Å². The third-order valence-corrected chi connectivity index (χ3v) is 2.88. The second kappa shape index (κ2) is 3.38. The van der Waals surface area contributed by atoms with Crippen molar-refractivity contribution in [2.45, 2.75) is 45.6 Å². The molecule has 1 fully saturated rings. The molecule has 0 aromatic rings. The van der Waals surface area contributed by atoms with Crippen molar-refractivity contribution >= 4 is 0 Å². The molecule has 1 saturated carbocycles. The Kier molecular flexibility index (Phi) is 2.72. The highest BCUT2D eigenvalue weighted by Gasteiger charge is 2.27. The molecule has 2 N–H and O–H groups in total. The van der Waals surface area contributed by atoms with Crippen LogP contribution >= 0.6 is 0 Å². The summed E-state index contributed by atoms with van der Waals surface area (Å²) in [5.74, 6) is 1.74. The largest absolute Gasteiger partial charge is 0.327 e. The molecule has 3 atom stereocenters. The molecule has 0 saturated heterocycles. The molecule has 0 aromatic heterocycles. The molecule has 1 heteroatoms. The van der Waals surface area contributed by atoms with Gasteiger partial charge in [-0.3, -0.25) is 0 Å². The summed E-state index contributed by atoms with van der Waals surface area (Å²) in [6.07, 6.45) is 5.31. The maximum absolute atomic E-state index is 5.83. The second-order valence-electron chi connectivity index (χ2n) is 3.75. The molecule has 1 rings (SSSR count). The zero-order valence-corrected chi connectivity index (χ0v) is 7.14. The molecule has 10 heavy (non-hydrogen) atoms. The molecule has 60 valence electrons. The van der Waals surface area contributed by atoms with E-state index in [-0.39, 0.29) is 0 Å². The van der Waals surface area contributed by atoms with Gasteiger partial charge in [-0.25, -0.2) is 0 Å². The van der Waals surface area contributed by atoms with E-state index in [9.17, 15) is 0 Å². The standard InChI is InChI=1S/C9H19N/c1-3-7(2)6-8-4-5-9(8)10/h7-9H,3-6,10H2,1-2H3. The van der Waals surface area contributed by atoms with E-state index in [1.54, 1.807) is 0 Å². The summed E-state index contributed by atoms with van der Waals surface area (Å²) in [7, 11) is 0. The first-order valence-electron chi connectivity index (χ1n) is 4.49. The van der Waals surface area contributed by atoms with Crippen LogP contribution in [0.25, 0.3) is 0 Å². The maximum Gasteiger partial charge on any atom is 0.00673 e. The van der Waals surface area contributed by atoms with Gasteiger partial charge < -0.3 is 5.73 Å². The molecular formula is C9H19N. The smallest absolute Gasteiger partial charge is 0.00673 e. The van der Waals surface area contributed by atoms with Gasteiger partial charge in [0.05, 0.1) is 0 Å². The van der Waals surface area contributed by atoms with Gasteiger partial charge >= 0.3 is 0 Å². The molecule has 1 nitrogen and oxygen atoms in total. The molecule has 0 aliphatic heterocycles. The van der Waals surface area contributed by atoms with Crippen LogP contribution in [0.4, 0.5) is 0 Å². The molecular weight excluding hydrogens is 122 g/mol. The van der Waals surface area contributed by atoms with Gasteiger partial charge in [0.2, 0.25) is 0 Å². The zero-order chi connectivity index (χ0) is 7.56. The van der Waals surface area contributed by atoms with Gasteiger partial charge in [-0.1, -0.05) is 20.3 Å². The fourth-order valence-electron chi connectivity index (χ4n) is 1.57. The van der Waals surface area contributed by atoms with Crippen molar-refractivity contribution in [3.05, 3.63) is 0 Å². The summed E-state index contributed by atoms with van der Waals surface area (Å²) < 4.78 is 0. The van der Waals surface area contributed by atoms with Crippen molar-refractivity contribution in [1.29, 1.82) is 0 Å². The van der Waals surface area contributed by atoms with Crippen LogP contribution in [0.5, 0.6) is 0 Å². The summed E-state index contributed by atoms with van der Waals surface area (Å²) in [4.78, 5) is 0. The fourth-order valence-corrected chi connectivity index (χ4v) is 1.57. The third-order valence-electron chi connectivity index (χ3n) is 2.88. The first-order chi connectivity index (χ1) is 4.74. The normalized spacial score (nSPS) is 35.1. The average Bonchev–Trinajstić information content (AvgIpc) is 1.96. The van der Waals surface area contributed by atoms with Crippen molar-refractivity contribution in [3.8, 4) is 0 Å². The van der Waals surface area contributed by atoms with Gasteiger partial charge in [0.15, 0.2) is 0 Å². The van der Waals surface area contributed by atoms with Crippen LogP contribution in [0, 0.1) is 11.8 Å². The van der Waals surface area contributed by atoms with Crippen LogP contribution in [0.2, 0.25) is 0 Å². The number of hydrogen-bond acceptors (Lipinski definition) is 1. The highest BCUT2D eigenvalue weighted by molar-refractivity contribution is 4.84. The lowest BCUT2D eigenvalue weighted by atomic mass is 9.75. The van der Waals surface area contributed by atoms with Gasteiger partial charge in [0.1, 0.15) is 0 Å². The molecule has 1 aliphatic carbocycles. The number of nitrogens with two attached hydrogens (primary N) is 1. The van der Waals surface area contributed by atoms with E-state index < -0.39 is 0 Å². The summed E-state index contributed by atoms with van der Waals surface area (Å²) >= 11 is 0. The zero-order valence-electron chi connectivity index (χ0n) is 7.14. The Morgan fingerprint density at radius 2 is 2.20 bits per heavy atom. The monoisotopic (exact) mass is 141 g/mol. The van der Waals surface area contributed by atoms with E-state index in [2.05, 4.69) is 13.8 Å². The Balaban J connectivity index is 2.12. The Bertz CT molecular complexity index is 101. The van der Waals surface area contributed by atoms with Gasteiger partial charge in [-0.15, -0.1) is 0 Å². The first kappa shape index (κ1) is 8.06. The van der Waals surface area contributed by atoms with E-state index in [1.165, 1.54) is 25.7 Å². The minimum absolute atomic E-state index is 0.536. The summed E-state index contributed by atoms with van der Waals surface area (Å²) in [5.41, 5.74) is 5.83. The van der Waals surface area contributed by atoms with Crippen molar-refractivity contribution in [1.82, 2.24) is 0 Å². The van der Waals surface area contributed by atoms with Crippen LogP contribution in [-0.4, -0.2) is 6.04 Å². The van der Waals surface area contributed by atoms with Crippen molar-refractivity contribution < 1.29 is 0 Å². The Hall–Kier alpha value is -0.0400. The minimum atomic E-state index is 0.536. The average molecular weight is 141 g/mol. The van der Waals surface area contributed by atoms with Crippen LogP contribution in [0.1, 0.15) is 39.5 Å². The van der Waals surface area contributed by atoms with E-state index in [1.807, 2.05) is 0 Å². The highest BCUT2D eigenvalue weighted by atomic mass is 14.7. The van der Waals surface area contributed by atoms with Gasteiger partial charge in [0, 0.05) is 6.04 Å². The van der Waals surface area contributed by atoms with Crippen molar-refractivity contribution in [2.75, 3.05) is 0 Å². The van der Waals surface area contributed by atoms with E-state index in [0.29, 0.717) is 6.04 Å². The van der Waals surface area contributed by atoms with E-state index in [0.717, 1.165) is 11.8 Å². The van der Waals surface area contributed by atoms with Crippen molar-refractivity contribution in [3.63, 3.8) is 0 Å². The molecule has 3 unspecified atom stereocenters. The van der Waals surface area contributed by atoms with Crippen LogP contribution < -0.4 is 5.73 Å². The third kappa shape index (κ3) is 1.72. The van der Waals surface area contributed by atoms with Gasteiger partial charge in [-0.05, 0) is 31.1 Å².